The number of ether oxygens (including phenoxy) is 1. The summed E-state index contributed by atoms with van der Waals surface area (Å²) in [5.41, 5.74) is 1.06. The molecule has 0 saturated carbocycles. The molecule has 0 aromatic heterocycles. The maximum atomic E-state index is 11.8. The lowest BCUT2D eigenvalue weighted by Gasteiger charge is -2.06. The number of nitrogens with one attached hydrogen (secondary N) is 2. The molecule has 19 heavy (non-hydrogen) atoms. The number of amides is 2. The Bertz CT molecular complexity index is 415. The highest BCUT2D eigenvalue weighted by Gasteiger charge is 2.07. The molecule has 0 aliphatic carbocycles. The van der Waals surface area contributed by atoms with Crippen molar-refractivity contribution >= 4 is 11.8 Å². The monoisotopic (exact) mass is 264 g/mol. The molecule has 0 heterocycles. The van der Waals surface area contributed by atoms with Gasteiger partial charge in [0.2, 0.25) is 0 Å². The van der Waals surface area contributed by atoms with Crippen LogP contribution in [0.4, 0.5) is 0 Å². The molecule has 0 atom stereocenters. The fourth-order valence-electron chi connectivity index (χ4n) is 1.50. The predicted octanol–water partition coefficient (Wildman–Crippen LogP) is 1.20. The van der Waals surface area contributed by atoms with Crippen LogP contribution in [0.2, 0.25) is 0 Å². The van der Waals surface area contributed by atoms with Crippen molar-refractivity contribution in [3.05, 3.63) is 35.4 Å². The van der Waals surface area contributed by atoms with Crippen LogP contribution in [-0.4, -0.2) is 38.6 Å². The van der Waals surface area contributed by atoms with Crippen LogP contribution in [0.3, 0.4) is 0 Å². The summed E-state index contributed by atoms with van der Waals surface area (Å²) < 4.78 is 5.27. The SMILES string of the molecule is CCCOCCNC(=O)c1ccc(C(=O)NC)cc1. The van der Waals surface area contributed by atoms with Gasteiger partial charge in [0.05, 0.1) is 6.61 Å². The first kappa shape index (κ1) is 15.2. The molecule has 0 aliphatic rings. The minimum Gasteiger partial charge on any atom is -0.380 e. The summed E-state index contributed by atoms with van der Waals surface area (Å²) in [4.78, 5) is 23.1. The average molecular weight is 264 g/mol. The van der Waals surface area contributed by atoms with E-state index < -0.39 is 0 Å². The number of rotatable bonds is 7. The number of carbonyl (C=O) groups is 2. The first-order valence-electron chi connectivity index (χ1n) is 6.37. The molecule has 1 rings (SSSR count). The van der Waals surface area contributed by atoms with Crippen LogP contribution < -0.4 is 10.6 Å². The van der Waals surface area contributed by atoms with Crippen molar-refractivity contribution in [2.45, 2.75) is 13.3 Å². The first-order valence-corrected chi connectivity index (χ1v) is 6.37. The molecular weight excluding hydrogens is 244 g/mol. The Labute approximate surface area is 113 Å². The smallest absolute Gasteiger partial charge is 0.251 e. The van der Waals surface area contributed by atoms with E-state index in [2.05, 4.69) is 10.6 Å². The van der Waals surface area contributed by atoms with E-state index in [1.54, 1.807) is 31.3 Å². The van der Waals surface area contributed by atoms with Gasteiger partial charge in [0, 0.05) is 31.3 Å². The molecule has 2 N–H and O–H groups in total. The molecule has 1 aromatic carbocycles. The highest BCUT2D eigenvalue weighted by atomic mass is 16.5. The highest BCUT2D eigenvalue weighted by Crippen LogP contribution is 2.04. The van der Waals surface area contributed by atoms with E-state index in [-0.39, 0.29) is 11.8 Å². The zero-order chi connectivity index (χ0) is 14.1. The summed E-state index contributed by atoms with van der Waals surface area (Å²) in [5, 5.41) is 5.28. The Morgan fingerprint density at radius 3 is 2.16 bits per heavy atom. The molecule has 5 heteroatoms. The fourth-order valence-corrected chi connectivity index (χ4v) is 1.50. The number of hydrogen-bond donors (Lipinski definition) is 2. The standard InChI is InChI=1S/C14H20N2O3/c1-3-9-19-10-8-16-14(18)12-6-4-11(5-7-12)13(17)15-2/h4-7H,3,8-10H2,1-2H3,(H,15,17)(H,16,18). The summed E-state index contributed by atoms with van der Waals surface area (Å²) in [5.74, 6) is -0.330. The lowest BCUT2D eigenvalue weighted by molar-refractivity contribution is 0.0913. The van der Waals surface area contributed by atoms with E-state index in [0.29, 0.717) is 30.9 Å². The molecule has 1 aromatic rings. The Morgan fingerprint density at radius 2 is 1.63 bits per heavy atom. The van der Waals surface area contributed by atoms with Crippen molar-refractivity contribution in [2.75, 3.05) is 26.8 Å². The van der Waals surface area contributed by atoms with Crippen molar-refractivity contribution in [1.29, 1.82) is 0 Å². The fraction of sp³-hybridized carbons (Fsp3) is 0.429. The van der Waals surface area contributed by atoms with Gasteiger partial charge in [-0.25, -0.2) is 0 Å². The zero-order valence-corrected chi connectivity index (χ0v) is 11.4. The topological polar surface area (TPSA) is 67.4 Å². The normalized spacial score (nSPS) is 10.0. The third kappa shape index (κ3) is 5.09. The summed E-state index contributed by atoms with van der Waals surface area (Å²) in [6, 6.07) is 6.52. The van der Waals surface area contributed by atoms with Gasteiger partial charge in [0.25, 0.3) is 11.8 Å². The van der Waals surface area contributed by atoms with Gasteiger partial charge in [-0.2, -0.15) is 0 Å². The van der Waals surface area contributed by atoms with E-state index in [9.17, 15) is 9.59 Å². The van der Waals surface area contributed by atoms with Crippen LogP contribution in [0, 0.1) is 0 Å². The van der Waals surface area contributed by atoms with Crippen LogP contribution in [-0.2, 0) is 4.74 Å². The van der Waals surface area contributed by atoms with Crippen LogP contribution >= 0.6 is 0 Å². The zero-order valence-electron chi connectivity index (χ0n) is 11.4. The van der Waals surface area contributed by atoms with Crippen molar-refractivity contribution in [2.24, 2.45) is 0 Å². The average Bonchev–Trinajstić information content (AvgIpc) is 2.46. The van der Waals surface area contributed by atoms with Crippen molar-refractivity contribution in [3.63, 3.8) is 0 Å². The molecule has 0 radical (unpaired) electrons. The Morgan fingerprint density at radius 1 is 1.05 bits per heavy atom. The van der Waals surface area contributed by atoms with Crippen molar-refractivity contribution < 1.29 is 14.3 Å². The molecule has 0 fully saturated rings. The van der Waals surface area contributed by atoms with Gasteiger partial charge in [0.1, 0.15) is 0 Å². The van der Waals surface area contributed by atoms with Crippen molar-refractivity contribution in [1.82, 2.24) is 10.6 Å². The Hall–Kier alpha value is -1.88. The molecule has 5 nitrogen and oxygen atoms in total. The highest BCUT2D eigenvalue weighted by molar-refractivity contribution is 5.97. The van der Waals surface area contributed by atoms with E-state index in [0.717, 1.165) is 6.42 Å². The summed E-state index contributed by atoms with van der Waals surface area (Å²) in [6.45, 7) is 3.73. The van der Waals surface area contributed by atoms with Crippen LogP contribution in [0.15, 0.2) is 24.3 Å². The van der Waals surface area contributed by atoms with Crippen LogP contribution in [0.25, 0.3) is 0 Å². The number of carbonyl (C=O) groups excluding carboxylic acids is 2. The second-order valence-electron chi connectivity index (χ2n) is 4.02. The molecule has 104 valence electrons. The predicted molar refractivity (Wildman–Crippen MR) is 73.3 cm³/mol. The summed E-state index contributed by atoms with van der Waals surface area (Å²) in [6.07, 6.45) is 0.967. The molecule has 2 amide bonds. The third-order valence-corrected chi connectivity index (χ3v) is 2.52. The van der Waals surface area contributed by atoms with Gasteiger partial charge in [0.15, 0.2) is 0 Å². The lowest BCUT2D eigenvalue weighted by Crippen LogP contribution is -2.27. The minimum atomic E-state index is -0.167. The number of hydrogen-bond acceptors (Lipinski definition) is 3. The Balaban J connectivity index is 2.42. The summed E-state index contributed by atoms with van der Waals surface area (Å²) in [7, 11) is 1.57. The maximum Gasteiger partial charge on any atom is 0.251 e. The van der Waals surface area contributed by atoms with E-state index in [1.165, 1.54) is 0 Å². The largest absolute Gasteiger partial charge is 0.380 e. The van der Waals surface area contributed by atoms with E-state index in [4.69, 9.17) is 4.74 Å². The van der Waals surface area contributed by atoms with Gasteiger partial charge < -0.3 is 15.4 Å². The lowest BCUT2D eigenvalue weighted by atomic mass is 10.1. The number of benzene rings is 1. The first-order chi connectivity index (χ1) is 9.19. The van der Waals surface area contributed by atoms with Gasteiger partial charge in [-0.3, -0.25) is 9.59 Å². The van der Waals surface area contributed by atoms with Crippen LogP contribution in [0.5, 0.6) is 0 Å². The van der Waals surface area contributed by atoms with Gasteiger partial charge >= 0.3 is 0 Å². The minimum absolute atomic E-state index is 0.163. The second kappa shape index (κ2) is 8.26. The molecule has 0 saturated heterocycles. The Kier molecular flexibility index (Phi) is 6.60. The molecular formula is C14H20N2O3. The van der Waals surface area contributed by atoms with Gasteiger partial charge in [-0.1, -0.05) is 6.92 Å². The summed E-state index contributed by atoms with van der Waals surface area (Å²) >= 11 is 0. The van der Waals surface area contributed by atoms with Crippen molar-refractivity contribution in [3.8, 4) is 0 Å². The van der Waals surface area contributed by atoms with E-state index >= 15 is 0 Å². The molecule has 0 bridgehead atoms. The van der Waals surface area contributed by atoms with E-state index in [1.807, 2.05) is 6.92 Å². The van der Waals surface area contributed by atoms with Gasteiger partial charge in [-0.05, 0) is 30.7 Å². The molecule has 0 aliphatic heterocycles. The quantitative estimate of drug-likeness (QED) is 0.727. The van der Waals surface area contributed by atoms with Gasteiger partial charge in [-0.15, -0.1) is 0 Å². The maximum absolute atomic E-state index is 11.8. The second-order valence-corrected chi connectivity index (χ2v) is 4.02. The molecule has 0 unspecified atom stereocenters. The molecule has 0 spiro atoms. The van der Waals surface area contributed by atoms with Crippen LogP contribution in [0.1, 0.15) is 34.1 Å². The third-order valence-electron chi connectivity index (χ3n) is 2.52.